The molecule has 1 aliphatic rings. The predicted octanol–water partition coefficient (Wildman–Crippen LogP) is 0.600. The standard InChI is InChI=1S/C10H12N2O/c1-12-9(11)6-7-4-2-3-5-8(7)10(12)13/h2-5,9H,6,11H2,1H3. The molecule has 0 fully saturated rings. The van der Waals surface area contributed by atoms with Crippen LogP contribution in [-0.2, 0) is 6.42 Å². The van der Waals surface area contributed by atoms with Gasteiger partial charge in [-0.1, -0.05) is 18.2 Å². The Bertz CT molecular complexity index is 349. The fraction of sp³-hybridized carbons (Fsp3) is 0.300. The molecule has 3 nitrogen and oxygen atoms in total. The van der Waals surface area contributed by atoms with Crippen LogP contribution in [0.4, 0.5) is 0 Å². The molecule has 2 N–H and O–H groups in total. The van der Waals surface area contributed by atoms with Gasteiger partial charge in [0.1, 0.15) is 0 Å². The second-order valence-corrected chi connectivity index (χ2v) is 3.34. The fourth-order valence-electron chi connectivity index (χ4n) is 1.61. The van der Waals surface area contributed by atoms with Crippen LogP contribution in [0.3, 0.4) is 0 Å². The lowest BCUT2D eigenvalue weighted by Gasteiger charge is -2.30. The minimum atomic E-state index is -0.178. The Labute approximate surface area is 77.1 Å². The van der Waals surface area contributed by atoms with Gasteiger partial charge in [0, 0.05) is 19.0 Å². The third kappa shape index (κ3) is 1.21. The minimum absolute atomic E-state index is 0.0225. The van der Waals surface area contributed by atoms with Crippen LogP contribution in [0.25, 0.3) is 0 Å². The smallest absolute Gasteiger partial charge is 0.255 e. The molecule has 2 rings (SSSR count). The number of nitrogens with zero attached hydrogens (tertiary/aromatic N) is 1. The fourth-order valence-corrected chi connectivity index (χ4v) is 1.61. The Hall–Kier alpha value is -1.35. The molecule has 13 heavy (non-hydrogen) atoms. The van der Waals surface area contributed by atoms with Crippen LogP contribution in [0.1, 0.15) is 15.9 Å². The molecule has 1 aromatic rings. The summed E-state index contributed by atoms with van der Waals surface area (Å²) in [6.07, 6.45) is 0.570. The van der Waals surface area contributed by atoms with Gasteiger partial charge >= 0.3 is 0 Å². The van der Waals surface area contributed by atoms with Crippen LogP contribution in [0.15, 0.2) is 24.3 Å². The lowest BCUT2D eigenvalue weighted by molar-refractivity contribution is 0.0712. The van der Waals surface area contributed by atoms with Crippen molar-refractivity contribution in [3.8, 4) is 0 Å². The molecule has 68 valence electrons. The quantitative estimate of drug-likeness (QED) is 0.629. The van der Waals surface area contributed by atoms with Crippen molar-refractivity contribution in [3.05, 3.63) is 35.4 Å². The van der Waals surface area contributed by atoms with E-state index in [4.69, 9.17) is 5.73 Å². The van der Waals surface area contributed by atoms with Gasteiger partial charge in [0.05, 0.1) is 6.17 Å². The third-order valence-electron chi connectivity index (χ3n) is 2.49. The number of benzene rings is 1. The van der Waals surface area contributed by atoms with Crippen molar-refractivity contribution < 1.29 is 4.79 Å². The van der Waals surface area contributed by atoms with Crippen molar-refractivity contribution in [2.24, 2.45) is 5.73 Å². The first-order valence-electron chi connectivity index (χ1n) is 4.31. The van der Waals surface area contributed by atoms with E-state index in [1.54, 1.807) is 11.9 Å². The van der Waals surface area contributed by atoms with Crippen molar-refractivity contribution in [1.82, 2.24) is 4.90 Å². The summed E-state index contributed by atoms with van der Waals surface area (Å²) in [6, 6.07) is 7.62. The molecule has 0 aliphatic carbocycles. The Kier molecular flexibility index (Phi) is 1.81. The third-order valence-corrected chi connectivity index (χ3v) is 2.49. The summed E-state index contributed by atoms with van der Waals surface area (Å²) in [4.78, 5) is 13.3. The summed E-state index contributed by atoms with van der Waals surface area (Å²) >= 11 is 0. The summed E-state index contributed by atoms with van der Waals surface area (Å²) in [5.74, 6) is 0.0225. The number of hydrogen-bond donors (Lipinski definition) is 1. The van der Waals surface area contributed by atoms with Crippen LogP contribution in [0, 0.1) is 0 Å². The van der Waals surface area contributed by atoms with E-state index in [2.05, 4.69) is 0 Å². The molecular weight excluding hydrogens is 164 g/mol. The SMILES string of the molecule is CN1C(=O)c2ccccc2CC1N. The van der Waals surface area contributed by atoms with Crippen LogP contribution in [0.5, 0.6) is 0 Å². The van der Waals surface area contributed by atoms with Gasteiger partial charge in [-0.05, 0) is 11.6 Å². The molecule has 1 aliphatic heterocycles. The maximum atomic E-state index is 11.7. The molecule has 0 bridgehead atoms. The van der Waals surface area contributed by atoms with Gasteiger partial charge in [-0.25, -0.2) is 0 Å². The van der Waals surface area contributed by atoms with E-state index in [0.29, 0.717) is 0 Å². The zero-order valence-electron chi connectivity index (χ0n) is 7.53. The average molecular weight is 176 g/mol. The van der Waals surface area contributed by atoms with Crippen molar-refractivity contribution in [1.29, 1.82) is 0 Å². The van der Waals surface area contributed by atoms with Gasteiger partial charge in [-0.15, -0.1) is 0 Å². The summed E-state index contributed by atoms with van der Waals surface area (Å²) < 4.78 is 0. The maximum absolute atomic E-state index is 11.7. The number of likely N-dealkylation sites (N-methyl/N-ethyl adjacent to an activating group) is 1. The number of fused-ring (bicyclic) bond motifs is 1. The number of hydrogen-bond acceptors (Lipinski definition) is 2. The van der Waals surface area contributed by atoms with Gasteiger partial charge in [0.2, 0.25) is 0 Å². The molecular formula is C10H12N2O. The molecule has 0 saturated heterocycles. The van der Waals surface area contributed by atoms with Gasteiger partial charge in [-0.3, -0.25) is 4.79 Å². The van der Waals surface area contributed by atoms with E-state index in [1.165, 1.54) is 0 Å². The lowest BCUT2D eigenvalue weighted by Crippen LogP contribution is -2.48. The summed E-state index contributed by atoms with van der Waals surface area (Å²) in [5.41, 5.74) is 7.63. The molecule has 1 aromatic carbocycles. The first kappa shape index (κ1) is 8.26. The van der Waals surface area contributed by atoms with Crippen LogP contribution in [0.2, 0.25) is 0 Å². The highest BCUT2D eigenvalue weighted by Crippen LogP contribution is 2.19. The Morgan fingerprint density at radius 2 is 2.15 bits per heavy atom. The van der Waals surface area contributed by atoms with Crippen LogP contribution < -0.4 is 5.73 Å². The summed E-state index contributed by atoms with van der Waals surface area (Å²) in [7, 11) is 1.74. The molecule has 0 aromatic heterocycles. The van der Waals surface area contributed by atoms with Crippen molar-refractivity contribution in [2.45, 2.75) is 12.6 Å². The molecule has 1 amide bonds. The normalized spacial score (nSPS) is 21.5. The highest BCUT2D eigenvalue weighted by molar-refractivity contribution is 5.96. The summed E-state index contributed by atoms with van der Waals surface area (Å²) in [6.45, 7) is 0. The first-order chi connectivity index (χ1) is 6.20. The van der Waals surface area contributed by atoms with Crippen molar-refractivity contribution in [3.63, 3.8) is 0 Å². The molecule has 0 spiro atoms. The number of carbonyl (C=O) groups is 1. The topological polar surface area (TPSA) is 46.3 Å². The maximum Gasteiger partial charge on any atom is 0.255 e. The Morgan fingerprint density at radius 3 is 2.92 bits per heavy atom. The second-order valence-electron chi connectivity index (χ2n) is 3.34. The largest absolute Gasteiger partial charge is 0.326 e. The molecule has 3 heteroatoms. The van der Waals surface area contributed by atoms with Gasteiger partial charge < -0.3 is 10.6 Å². The van der Waals surface area contributed by atoms with Crippen molar-refractivity contribution in [2.75, 3.05) is 7.05 Å². The second kappa shape index (κ2) is 2.85. The Balaban J connectivity index is 2.49. The van der Waals surface area contributed by atoms with E-state index in [1.807, 2.05) is 24.3 Å². The van der Waals surface area contributed by atoms with E-state index in [9.17, 15) is 4.79 Å². The van der Waals surface area contributed by atoms with Crippen LogP contribution >= 0.6 is 0 Å². The number of nitrogens with two attached hydrogens (primary N) is 1. The predicted molar refractivity (Wildman–Crippen MR) is 50.2 cm³/mol. The van der Waals surface area contributed by atoms with Gasteiger partial charge in [-0.2, -0.15) is 0 Å². The molecule has 0 saturated carbocycles. The average Bonchev–Trinajstić information content (AvgIpc) is 2.15. The zero-order valence-corrected chi connectivity index (χ0v) is 7.53. The summed E-state index contributed by atoms with van der Waals surface area (Å²) in [5, 5.41) is 0. The zero-order chi connectivity index (χ0) is 9.42. The number of rotatable bonds is 0. The van der Waals surface area contributed by atoms with E-state index >= 15 is 0 Å². The number of amides is 1. The van der Waals surface area contributed by atoms with Crippen molar-refractivity contribution >= 4 is 5.91 Å². The Morgan fingerprint density at radius 1 is 1.46 bits per heavy atom. The van der Waals surface area contributed by atoms with E-state index in [0.717, 1.165) is 17.5 Å². The van der Waals surface area contributed by atoms with E-state index < -0.39 is 0 Å². The molecule has 1 heterocycles. The molecule has 1 unspecified atom stereocenters. The highest BCUT2D eigenvalue weighted by atomic mass is 16.2. The number of carbonyl (C=O) groups excluding carboxylic acids is 1. The monoisotopic (exact) mass is 176 g/mol. The molecule has 0 radical (unpaired) electrons. The van der Waals surface area contributed by atoms with Gasteiger partial charge in [0.25, 0.3) is 5.91 Å². The van der Waals surface area contributed by atoms with Crippen LogP contribution in [-0.4, -0.2) is 24.0 Å². The first-order valence-corrected chi connectivity index (χ1v) is 4.31. The lowest BCUT2D eigenvalue weighted by atomic mass is 9.98. The van der Waals surface area contributed by atoms with Gasteiger partial charge in [0.15, 0.2) is 0 Å². The van der Waals surface area contributed by atoms with E-state index in [-0.39, 0.29) is 12.1 Å². The highest BCUT2D eigenvalue weighted by Gasteiger charge is 2.26. The minimum Gasteiger partial charge on any atom is -0.326 e. The molecule has 1 atom stereocenters.